The summed E-state index contributed by atoms with van der Waals surface area (Å²) in [5.41, 5.74) is 0. The van der Waals surface area contributed by atoms with Crippen LogP contribution in [-0.4, -0.2) is 29.1 Å². The molecule has 1 atom stereocenters. The van der Waals surface area contributed by atoms with Crippen molar-refractivity contribution in [3.05, 3.63) is 12.4 Å². The van der Waals surface area contributed by atoms with Gasteiger partial charge in [0.05, 0.1) is 0 Å². The predicted molar refractivity (Wildman–Crippen MR) is 140 cm³/mol. The summed E-state index contributed by atoms with van der Waals surface area (Å²) in [5.74, 6) is 0. The molecule has 0 saturated carbocycles. The maximum Gasteiger partial charge on any atom is 0.101 e. The molecule has 0 saturated heterocycles. The van der Waals surface area contributed by atoms with Gasteiger partial charge in [0.2, 0.25) is 0 Å². The molecule has 0 aromatic rings. The molecule has 0 bridgehead atoms. The second kappa shape index (κ2) is 21.2. The number of unbranched alkanes of at least 4 members (excludes halogenated alkanes) is 17. The van der Waals surface area contributed by atoms with Crippen LogP contribution in [0.4, 0.5) is 0 Å². The zero-order valence-corrected chi connectivity index (χ0v) is 21.9. The van der Waals surface area contributed by atoms with Crippen LogP contribution in [-0.2, 0) is 0 Å². The highest BCUT2D eigenvalue weighted by Crippen LogP contribution is 2.23. The summed E-state index contributed by atoms with van der Waals surface area (Å²) in [6.45, 7) is 9.40. The molecule has 0 spiro atoms. The average Bonchev–Trinajstić information content (AvgIpc) is 3.15. The summed E-state index contributed by atoms with van der Waals surface area (Å²) < 4.78 is 0. The largest absolute Gasteiger partial charge is 0.356 e. The van der Waals surface area contributed by atoms with Crippen LogP contribution >= 0.6 is 0 Å². The zero-order valence-electron chi connectivity index (χ0n) is 21.9. The van der Waals surface area contributed by atoms with Crippen LogP contribution in [0, 0.1) is 0 Å². The van der Waals surface area contributed by atoms with Gasteiger partial charge in [0.1, 0.15) is 6.17 Å². The fourth-order valence-electron chi connectivity index (χ4n) is 5.02. The van der Waals surface area contributed by atoms with Gasteiger partial charge in [0.15, 0.2) is 0 Å². The maximum absolute atomic E-state index is 2.66. The van der Waals surface area contributed by atoms with Crippen molar-refractivity contribution >= 4 is 0 Å². The first-order valence-electron chi connectivity index (χ1n) is 14.5. The SMILES string of the molecule is CCCCCCCCCCCCC1N(CCC)C=CN1CCCCCCCCCCC. The second-order valence-electron chi connectivity index (χ2n) is 10.1. The second-order valence-corrected chi connectivity index (χ2v) is 10.1. The highest BCUT2D eigenvalue weighted by atomic mass is 15.4. The van der Waals surface area contributed by atoms with Crippen molar-refractivity contribution in [3.8, 4) is 0 Å². The third-order valence-corrected chi connectivity index (χ3v) is 7.03. The smallest absolute Gasteiger partial charge is 0.101 e. The Bertz CT molecular complexity index is 392. The Hall–Kier alpha value is -0.660. The third kappa shape index (κ3) is 14.9. The first-order chi connectivity index (χ1) is 15.3. The molecule has 0 amide bonds. The van der Waals surface area contributed by atoms with E-state index in [0.717, 1.165) is 0 Å². The lowest BCUT2D eigenvalue weighted by Crippen LogP contribution is -2.39. The molecule has 31 heavy (non-hydrogen) atoms. The number of hydrogen-bond donors (Lipinski definition) is 0. The Morgan fingerprint density at radius 2 is 0.806 bits per heavy atom. The monoisotopic (exact) mass is 434 g/mol. The Morgan fingerprint density at radius 3 is 1.26 bits per heavy atom. The van der Waals surface area contributed by atoms with Crippen LogP contribution in [0.25, 0.3) is 0 Å². The molecule has 1 unspecified atom stereocenters. The van der Waals surface area contributed by atoms with Gasteiger partial charge < -0.3 is 9.80 Å². The Labute approximate surface area is 197 Å². The normalized spacial score (nSPS) is 16.0. The van der Waals surface area contributed by atoms with E-state index in [0.29, 0.717) is 6.17 Å². The molecule has 1 heterocycles. The molecule has 0 aromatic heterocycles. The van der Waals surface area contributed by atoms with Gasteiger partial charge in [-0.15, -0.1) is 0 Å². The van der Waals surface area contributed by atoms with E-state index in [9.17, 15) is 0 Å². The van der Waals surface area contributed by atoms with Crippen molar-refractivity contribution in [1.82, 2.24) is 9.80 Å². The summed E-state index contributed by atoms with van der Waals surface area (Å²) in [5, 5.41) is 0. The van der Waals surface area contributed by atoms with E-state index in [1.54, 1.807) is 0 Å². The summed E-state index contributed by atoms with van der Waals surface area (Å²) in [6.07, 6.45) is 35.2. The molecule has 184 valence electrons. The lowest BCUT2D eigenvalue weighted by atomic mass is 10.0. The molecule has 1 aliphatic rings. The van der Waals surface area contributed by atoms with Crippen molar-refractivity contribution in [2.24, 2.45) is 0 Å². The molecule has 2 nitrogen and oxygen atoms in total. The highest BCUT2D eigenvalue weighted by molar-refractivity contribution is 4.96. The van der Waals surface area contributed by atoms with E-state index in [-0.39, 0.29) is 0 Å². The lowest BCUT2D eigenvalue weighted by Gasteiger charge is -2.33. The average molecular weight is 435 g/mol. The van der Waals surface area contributed by atoms with Crippen LogP contribution in [0.2, 0.25) is 0 Å². The van der Waals surface area contributed by atoms with Gasteiger partial charge >= 0.3 is 0 Å². The van der Waals surface area contributed by atoms with E-state index < -0.39 is 0 Å². The molecule has 2 heteroatoms. The van der Waals surface area contributed by atoms with Crippen LogP contribution in [0.3, 0.4) is 0 Å². The molecule has 0 fully saturated rings. The molecular formula is C29H58N2. The van der Waals surface area contributed by atoms with Gasteiger partial charge in [-0.25, -0.2) is 0 Å². The first-order valence-corrected chi connectivity index (χ1v) is 14.5. The van der Waals surface area contributed by atoms with Crippen LogP contribution in [0.5, 0.6) is 0 Å². The fraction of sp³-hybridized carbons (Fsp3) is 0.931. The minimum atomic E-state index is 0.642. The summed E-state index contributed by atoms with van der Waals surface area (Å²) >= 11 is 0. The molecule has 0 radical (unpaired) electrons. The van der Waals surface area contributed by atoms with Gasteiger partial charge in [-0.1, -0.05) is 130 Å². The van der Waals surface area contributed by atoms with E-state index in [1.165, 1.54) is 148 Å². The Morgan fingerprint density at radius 1 is 0.419 bits per heavy atom. The summed E-state index contributed by atoms with van der Waals surface area (Å²) in [6, 6.07) is 0. The lowest BCUT2D eigenvalue weighted by molar-refractivity contribution is 0.137. The number of hydrogen-bond acceptors (Lipinski definition) is 2. The number of rotatable bonds is 23. The van der Waals surface area contributed by atoms with Crippen LogP contribution in [0.15, 0.2) is 12.4 Å². The zero-order chi connectivity index (χ0) is 22.4. The topological polar surface area (TPSA) is 6.48 Å². The molecular weight excluding hydrogens is 376 g/mol. The Balaban J connectivity index is 2.10. The molecule has 0 N–H and O–H groups in total. The van der Waals surface area contributed by atoms with Crippen molar-refractivity contribution in [2.45, 2.75) is 162 Å². The van der Waals surface area contributed by atoms with E-state index in [2.05, 4.69) is 43.0 Å². The summed E-state index contributed by atoms with van der Waals surface area (Å²) in [4.78, 5) is 5.27. The maximum atomic E-state index is 2.66. The quantitative estimate of drug-likeness (QED) is 0.148. The first kappa shape index (κ1) is 28.4. The molecule has 1 aliphatic heterocycles. The predicted octanol–water partition coefficient (Wildman–Crippen LogP) is 9.65. The van der Waals surface area contributed by atoms with Crippen molar-refractivity contribution in [2.75, 3.05) is 13.1 Å². The third-order valence-electron chi connectivity index (χ3n) is 7.03. The minimum Gasteiger partial charge on any atom is -0.356 e. The van der Waals surface area contributed by atoms with Gasteiger partial charge in [-0.2, -0.15) is 0 Å². The molecule has 0 aromatic carbocycles. The standard InChI is InChI=1S/C29H58N2/c1-4-7-9-11-13-15-16-18-20-22-24-29-30(25-6-3)27-28-31(29)26-23-21-19-17-14-12-10-8-5-2/h27-29H,4-26H2,1-3H3. The summed E-state index contributed by atoms with van der Waals surface area (Å²) in [7, 11) is 0. The number of nitrogens with zero attached hydrogens (tertiary/aromatic N) is 2. The minimum absolute atomic E-state index is 0.642. The van der Waals surface area contributed by atoms with Crippen molar-refractivity contribution in [3.63, 3.8) is 0 Å². The van der Waals surface area contributed by atoms with Gasteiger partial charge in [-0.3, -0.25) is 0 Å². The van der Waals surface area contributed by atoms with E-state index >= 15 is 0 Å². The highest BCUT2D eigenvalue weighted by Gasteiger charge is 2.24. The van der Waals surface area contributed by atoms with E-state index in [4.69, 9.17) is 0 Å². The van der Waals surface area contributed by atoms with Crippen molar-refractivity contribution < 1.29 is 0 Å². The fourth-order valence-corrected chi connectivity index (χ4v) is 5.02. The van der Waals surface area contributed by atoms with Crippen LogP contribution < -0.4 is 0 Å². The van der Waals surface area contributed by atoms with Gasteiger partial charge in [-0.05, 0) is 25.7 Å². The van der Waals surface area contributed by atoms with E-state index in [1.807, 2.05) is 0 Å². The van der Waals surface area contributed by atoms with Gasteiger partial charge in [0.25, 0.3) is 0 Å². The molecule has 0 aliphatic carbocycles. The molecule has 1 rings (SSSR count). The Kier molecular flexibility index (Phi) is 19.4. The van der Waals surface area contributed by atoms with Crippen LogP contribution in [0.1, 0.15) is 156 Å². The van der Waals surface area contributed by atoms with Gasteiger partial charge in [0, 0.05) is 25.5 Å². The van der Waals surface area contributed by atoms with Crippen molar-refractivity contribution in [1.29, 1.82) is 0 Å².